The normalized spacial score (nSPS) is 18.4. The zero-order valence-corrected chi connectivity index (χ0v) is 16.6. The second-order valence-electron chi connectivity index (χ2n) is 7.30. The molecule has 0 spiro atoms. The number of fused-ring (bicyclic) bond motifs is 1. The summed E-state index contributed by atoms with van der Waals surface area (Å²) in [7, 11) is 0. The first-order chi connectivity index (χ1) is 13.1. The van der Waals surface area contributed by atoms with E-state index < -0.39 is 6.04 Å². The minimum absolute atomic E-state index is 0.0567. The molecule has 1 aromatic carbocycles. The highest BCUT2D eigenvalue weighted by atomic mass is 35.5. The number of thiazole rings is 1. The van der Waals surface area contributed by atoms with Gasteiger partial charge >= 0.3 is 0 Å². The van der Waals surface area contributed by atoms with Gasteiger partial charge in [-0.15, -0.1) is 0 Å². The number of hydrogen-bond donors (Lipinski definition) is 1. The fraction of sp³-hybridized carbons (Fsp3) is 0.450. The maximum atomic E-state index is 13.1. The summed E-state index contributed by atoms with van der Waals surface area (Å²) in [4.78, 5) is 31.9. The maximum absolute atomic E-state index is 13.1. The molecule has 1 atom stereocenters. The Labute approximate surface area is 167 Å². The second-order valence-corrected chi connectivity index (χ2v) is 8.97. The molecule has 0 bridgehead atoms. The van der Waals surface area contributed by atoms with Crippen LogP contribution in [0.5, 0.6) is 0 Å². The summed E-state index contributed by atoms with van der Waals surface area (Å²) in [5.74, 6) is 0.248. The molecule has 4 rings (SSSR count). The summed E-state index contributed by atoms with van der Waals surface area (Å²) in [6, 6.07) is 7.12. The van der Waals surface area contributed by atoms with Crippen molar-refractivity contribution in [3.8, 4) is 0 Å². The molecule has 5 nitrogen and oxygen atoms in total. The third-order valence-electron chi connectivity index (χ3n) is 5.52. The van der Waals surface area contributed by atoms with Crippen LogP contribution >= 0.6 is 22.9 Å². The number of benzene rings is 1. The number of anilines is 1. The van der Waals surface area contributed by atoms with Crippen molar-refractivity contribution < 1.29 is 9.59 Å². The summed E-state index contributed by atoms with van der Waals surface area (Å²) in [5.41, 5.74) is 1.69. The van der Waals surface area contributed by atoms with Gasteiger partial charge in [0.15, 0.2) is 5.13 Å². The predicted octanol–water partition coefficient (Wildman–Crippen LogP) is 4.73. The van der Waals surface area contributed by atoms with Gasteiger partial charge < -0.3 is 10.2 Å². The Morgan fingerprint density at radius 3 is 2.78 bits per heavy atom. The van der Waals surface area contributed by atoms with E-state index in [0.717, 1.165) is 18.4 Å². The van der Waals surface area contributed by atoms with Crippen molar-refractivity contribution >= 4 is 39.9 Å². The standard InChI is InChI=1S/C20H22ClN3O2S/c21-17-11-22-20(27-17)23-18(25)16(10-13-6-2-1-3-7-13)24-12-14-8-4-5-9-15(14)19(24)26/h4-5,8-9,11,13,16H,1-3,6-7,10,12H2,(H,22,23,25). The Morgan fingerprint density at radius 2 is 2.07 bits per heavy atom. The molecule has 2 amide bonds. The lowest BCUT2D eigenvalue weighted by Gasteiger charge is -2.31. The Balaban J connectivity index is 1.56. The minimum atomic E-state index is -0.490. The molecule has 0 saturated heterocycles. The molecule has 2 aliphatic rings. The molecule has 2 aromatic rings. The van der Waals surface area contributed by atoms with Crippen LogP contribution < -0.4 is 5.32 Å². The highest BCUT2D eigenvalue weighted by Gasteiger charge is 2.37. The van der Waals surface area contributed by atoms with Gasteiger partial charge in [0.2, 0.25) is 5.91 Å². The Morgan fingerprint density at radius 1 is 1.30 bits per heavy atom. The van der Waals surface area contributed by atoms with Gasteiger partial charge in [0, 0.05) is 12.1 Å². The van der Waals surface area contributed by atoms with Crippen LogP contribution in [0.2, 0.25) is 4.34 Å². The number of rotatable bonds is 5. The van der Waals surface area contributed by atoms with Gasteiger partial charge in [0.1, 0.15) is 10.4 Å². The number of carbonyl (C=O) groups is 2. The molecule has 7 heteroatoms. The van der Waals surface area contributed by atoms with Crippen molar-refractivity contribution in [2.45, 2.75) is 51.1 Å². The Kier molecular flexibility index (Phi) is 5.45. The molecular formula is C20H22ClN3O2S. The van der Waals surface area contributed by atoms with E-state index in [-0.39, 0.29) is 11.8 Å². The van der Waals surface area contributed by atoms with E-state index in [1.54, 1.807) is 4.90 Å². The molecule has 142 valence electrons. The SMILES string of the molecule is O=C(Nc1ncc(Cl)s1)C(CC1CCCCC1)N1Cc2ccccc2C1=O. The molecule has 1 aromatic heterocycles. The lowest BCUT2D eigenvalue weighted by atomic mass is 9.84. The molecule has 0 radical (unpaired) electrons. The highest BCUT2D eigenvalue weighted by Crippen LogP contribution is 2.33. The van der Waals surface area contributed by atoms with Crippen molar-refractivity contribution in [1.82, 2.24) is 9.88 Å². The van der Waals surface area contributed by atoms with Crippen LogP contribution in [-0.4, -0.2) is 27.7 Å². The molecule has 1 unspecified atom stereocenters. The first-order valence-electron chi connectivity index (χ1n) is 9.43. The number of nitrogens with zero attached hydrogens (tertiary/aromatic N) is 2. The number of amides is 2. The molecule has 27 heavy (non-hydrogen) atoms. The van der Waals surface area contributed by atoms with Crippen LogP contribution in [0.3, 0.4) is 0 Å². The van der Waals surface area contributed by atoms with E-state index in [0.29, 0.717) is 33.9 Å². The van der Waals surface area contributed by atoms with Gasteiger partial charge in [-0.05, 0) is 24.0 Å². The number of halogens is 1. The van der Waals surface area contributed by atoms with Crippen molar-refractivity contribution in [3.63, 3.8) is 0 Å². The molecule has 2 heterocycles. The second kappa shape index (κ2) is 7.98. The number of carbonyl (C=O) groups excluding carboxylic acids is 2. The highest BCUT2D eigenvalue weighted by molar-refractivity contribution is 7.19. The zero-order valence-electron chi connectivity index (χ0n) is 15.0. The topological polar surface area (TPSA) is 62.3 Å². The number of nitrogens with one attached hydrogen (secondary N) is 1. The first kappa shape index (κ1) is 18.4. The fourth-order valence-electron chi connectivity index (χ4n) is 4.14. The van der Waals surface area contributed by atoms with Crippen LogP contribution in [0, 0.1) is 5.92 Å². The first-order valence-corrected chi connectivity index (χ1v) is 10.6. The van der Waals surface area contributed by atoms with Crippen LogP contribution in [0.1, 0.15) is 54.4 Å². The number of hydrogen-bond acceptors (Lipinski definition) is 4. The Hall–Kier alpha value is -1.92. The summed E-state index contributed by atoms with van der Waals surface area (Å²) < 4.78 is 0.527. The van der Waals surface area contributed by atoms with Crippen LogP contribution in [0.25, 0.3) is 0 Å². The van der Waals surface area contributed by atoms with E-state index >= 15 is 0 Å². The predicted molar refractivity (Wildman–Crippen MR) is 107 cm³/mol. The van der Waals surface area contributed by atoms with Crippen molar-refractivity contribution in [2.75, 3.05) is 5.32 Å². The maximum Gasteiger partial charge on any atom is 0.255 e. The van der Waals surface area contributed by atoms with Crippen molar-refractivity contribution in [1.29, 1.82) is 0 Å². The van der Waals surface area contributed by atoms with Crippen LogP contribution in [0.4, 0.5) is 5.13 Å². The van der Waals surface area contributed by atoms with Crippen LogP contribution in [-0.2, 0) is 11.3 Å². The van der Waals surface area contributed by atoms with Gasteiger partial charge in [0.05, 0.1) is 6.20 Å². The average molecular weight is 404 g/mol. The molecular weight excluding hydrogens is 382 g/mol. The number of aromatic nitrogens is 1. The smallest absolute Gasteiger partial charge is 0.255 e. The summed E-state index contributed by atoms with van der Waals surface area (Å²) in [5, 5.41) is 3.34. The van der Waals surface area contributed by atoms with E-state index in [4.69, 9.17) is 11.6 Å². The Bertz CT molecular complexity index is 847. The van der Waals surface area contributed by atoms with Crippen molar-refractivity contribution in [3.05, 3.63) is 45.9 Å². The minimum Gasteiger partial charge on any atom is -0.322 e. The van der Waals surface area contributed by atoms with Crippen molar-refractivity contribution in [2.24, 2.45) is 5.92 Å². The molecule has 1 N–H and O–H groups in total. The molecule has 1 aliphatic carbocycles. The van der Waals surface area contributed by atoms with E-state index in [1.807, 2.05) is 24.3 Å². The third kappa shape index (κ3) is 4.01. The van der Waals surface area contributed by atoms with Gasteiger partial charge in [-0.25, -0.2) is 4.98 Å². The summed E-state index contributed by atoms with van der Waals surface area (Å²) in [6.45, 7) is 0.485. The summed E-state index contributed by atoms with van der Waals surface area (Å²) >= 11 is 7.16. The average Bonchev–Trinajstić information content (AvgIpc) is 3.24. The third-order valence-corrected chi connectivity index (χ3v) is 6.55. The van der Waals surface area contributed by atoms with Gasteiger partial charge in [-0.3, -0.25) is 9.59 Å². The van der Waals surface area contributed by atoms with Crippen LogP contribution in [0.15, 0.2) is 30.5 Å². The quantitative estimate of drug-likeness (QED) is 0.784. The fourth-order valence-corrected chi connectivity index (χ4v) is 4.96. The summed E-state index contributed by atoms with van der Waals surface area (Å²) in [6.07, 6.45) is 8.15. The van der Waals surface area contributed by atoms with Gasteiger partial charge in [0.25, 0.3) is 5.91 Å². The zero-order chi connectivity index (χ0) is 18.8. The lowest BCUT2D eigenvalue weighted by molar-refractivity contribution is -0.121. The monoisotopic (exact) mass is 403 g/mol. The largest absolute Gasteiger partial charge is 0.322 e. The van der Waals surface area contributed by atoms with E-state index in [1.165, 1.54) is 36.8 Å². The van der Waals surface area contributed by atoms with Gasteiger partial charge in [-0.2, -0.15) is 0 Å². The lowest BCUT2D eigenvalue weighted by Crippen LogP contribution is -2.45. The molecule has 1 aliphatic heterocycles. The van der Waals surface area contributed by atoms with E-state index in [9.17, 15) is 9.59 Å². The molecule has 1 saturated carbocycles. The van der Waals surface area contributed by atoms with E-state index in [2.05, 4.69) is 10.3 Å². The van der Waals surface area contributed by atoms with Gasteiger partial charge in [-0.1, -0.05) is 73.2 Å². The molecule has 1 fully saturated rings.